The maximum Gasteiger partial charge on any atom is 0.371 e. The van der Waals surface area contributed by atoms with Gasteiger partial charge in [-0.3, -0.25) is 0 Å². The molecule has 0 aliphatic heterocycles. The summed E-state index contributed by atoms with van der Waals surface area (Å²) >= 11 is 1.80. The van der Waals surface area contributed by atoms with Crippen LogP contribution in [0.4, 0.5) is 0 Å². The summed E-state index contributed by atoms with van der Waals surface area (Å²) in [5.74, 6) is -0.357. The van der Waals surface area contributed by atoms with Gasteiger partial charge in [-0.1, -0.05) is 0 Å². The van der Waals surface area contributed by atoms with E-state index < -0.39 is 5.97 Å². The summed E-state index contributed by atoms with van der Waals surface area (Å²) in [6, 6.07) is 1.58. The Labute approximate surface area is 106 Å². The Morgan fingerprint density at radius 3 is 2.71 bits per heavy atom. The summed E-state index contributed by atoms with van der Waals surface area (Å²) in [4.78, 5) is 10.7. The van der Waals surface area contributed by atoms with E-state index in [0.29, 0.717) is 12.3 Å². The second-order valence-corrected chi connectivity index (χ2v) is 6.08. The lowest BCUT2D eigenvalue weighted by Crippen LogP contribution is -2.31. The summed E-state index contributed by atoms with van der Waals surface area (Å²) in [6.07, 6.45) is 2.08. The van der Waals surface area contributed by atoms with Crippen molar-refractivity contribution in [3.63, 3.8) is 0 Å². The van der Waals surface area contributed by atoms with E-state index in [1.165, 1.54) is 0 Å². The van der Waals surface area contributed by atoms with Crippen LogP contribution in [0.25, 0.3) is 0 Å². The van der Waals surface area contributed by atoms with Gasteiger partial charge in [-0.25, -0.2) is 4.79 Å². The van der Waals surface area contributed by atoms with Crippen LogP contribution in [0.3, 0.4) is 0 Å². The van der Waals surface area contributed by atoms with Gasteiger partial charge in [-0.2, -0.15) is 11.8 Å². The summed E-state index contributed by atoms with van der Waals surface area (Å²) in [5.41, 5.74) is 0.902. The number of carboxylic acids is 1. The van der Waals surface area contributed by atoms with Gasteiger partial charge in [0.15, 0.2) is 0 Å². The number of aryl methyl sites for hydroxylation is 1. The smallest absolute Gasteiger partial charge is 0.371 e. The molecule has 0 fully saturated rings. The van der Waals surface area contributed by atoms with Gasteiger partial charge in [-0.05, 0) is 33.1 Å². The first-order valence-corrected chi connectivity index (χ1v) is 6.66. The zero-order valence-corrected chi connectivity index (χ0v) is 11.5. The van der Waals surface area contributed by atoms with E-state index in [1.54, 1.807) is 24.8 Å². The zero-order chi connectivity index (χ0) is 13.1. The number of carbonyl (C=O) groups is 1. The highest BCUT2D eigenvalue weighted by molar-refractivity contribution is 7.99. The van der Waals surface area contributed by atoms with Gasteiger partial charge in [0.25, 0.3) is 0 Å². The van der Waals surface area contributed by atoms with E-state index in [1.807, 2.05) is 0 Å². The fourth-order valence-corrected chi connectivity index (χ4v) is 1.62. The predicted octanol–water partition coefficient (Wildman–Crippen LogP) is 2.52. The Balaban J connectivity index is 2.55. The SMILES string of the molecule is CSC(C)(C)CNCc1cc(C(=O)O)oc1C. The number of nitrogens with one attached hydrogen (secondary N) is 1. The summed E-state index contributed by atoms with van der Waals surface area (Å²) in [7, 11) is 0. The van der Waals surface area contributed by atoms with E-state index in [9.17, 15) is 4.79 Å². The number of hydrogen-bond acceptors (Lipinski definition) is 4. The summed E-state index contributed by atoms with van der Waals surface area (Å²) in [6.45, 7) is 7.60. The molecule has 0 aliphatic rings. The Morgan fingerprint density at radius 1 is 1.59 bits per heavy atom. The van der Waals surface area contributed by atoms with Crippen LogP contribution in [0.1, 0.15) is 35.7 Å². The average molecular weight is 257 g/mol. The third kappa shape index (κ3) is 4.09. The van der Waals surface area contributed by atoms with Crippen LogP contribution in [-0.2, 0) is 6.54 Å². The molecular weight excluding hydrogens is 238 g/mol. The highest BCUT2D eigenvalue weighted by atomic mass is 32.2. The molecule has 0 spiro atoms. The molecule has 0 aliphatic carbocycles. The van der Waals surface area contributed by atoms with Crippen LogP contribution in [-0.4, -0.2) is 28.6 Å². The highest BCUT2D eigenvalue weighted by Gasteiger charge is 2.16. The van der Waals surface area contributed by atoms with Crippen molar-refractivity contribution in [1.29, 1.82) is 0 Å². The molecule has 0 radical (unpaired) electrons. The molecule has 4 nitrogen and oxygen atoms in total. The van der Waals surface area contributed by atoms with Crippen LogP contribution in [0, 0.1) is 6.92 Å². The van der Waals surface area contributed by atoms with Gasteiger partial charge in [0, 0.05) is 23.4 Å². The molecule has 0 amide bonds. The van der Waals surface area contributed by atoms with Gasteiger partial charge >= 0.3 is 5.97 Å². The van der Waals surface area contributed by atoms with Crippen molar-refractivity contribution in [2.24, 2.45) is 0 Å². The first-order valence-electron chi connectivity index (χ1n) is 5.44. The Hall–Kier alpha value is -0.940. The lowest BCUT2D eigenvalue weighted by molar-refractivity contribution is 0.0661. The van der Waals surface area contributed by atoms with Crippen molar-refractivity contribution in [2.45, 2.75) is 32.1 Å². The lowest BCUT2D eigenvalue weighted by atomic mass is 10.2. The number of aromatic carboxylic acids is 1. The largest absolute Gasteiger partial charge is 0.475 e. The topological polar surface area (TPSA) is 62.5 Å². The first-order chi connectivity index (χ1) is 7.85. The Kier molecular flexibility index (Phi) is 4.65. The monoisotopic (exact) mass is 257 g/mol. The summed E-state index contributed by atoms with van der Waals surface area (Å²) < 4.78 is 5.31. The van der Waals surface area contributed by atoms with Crippen molar-refractivity contribution in [3.8, 4) is 0 Å². The van der Waals surface area contributed by atoms with Crippen molar-refractivity contribution in [1.82, 2.24) is 5.32 Å². The molecule has 0 atom stereocenters. The van der Waals surface area contributed by atoms with E-state index in [2.05, 4.69) is 25.4 Å². The molecule has 1 rings (SSSR count). The van der Waals surface area contributed by atoms with Crippen molar-refractivity contribution < 1.29 is 14.3 Å². The minimum Gasteiger partial charge on any atom is -0.475 e. The lowest BCUT2D eigenvalue weighted by Gasteiger charge is -2.22. The highest BCUT2D eigenvalue weighted by Crippen LogP contribution is 2.20. The molecule has 1 heterocycles. The van der Waals surface area contributed by atoms with Crippen LogP contribution in [0.2, 0.25) is 0 Å². The molecule has 0 aromatic carbocycles. The minimum absolute atomic E-state index is 0.00317. The minimum atomic E-state index is -1.02. The molecule has 2 N–H and O–H groups in total. The second-order valence-electron chi connectivity index (χ2n) is 4.56. The van der Waals surface area contributed by atoms with E-state index in [0.717, 1.165) is 12.1 Å². The zero-order valence-electron chi connectivity index (χ0n) is 10.7. The van der Waals surface area contributed by atoms with Crippen molar-refractivity contribution >= 4 is 17.7 Å². The van der Waals surface area contributed by atoms with E-state index in [4.69, 9.17) is 9.52 Å². The molecule has 0 unspecified atom stereocenters. The standard InChI is InChI=1S/C12H19NO3S/c1-8-9(5-10(16-8)11(14)15)6-13-7-12(2,3)17-4/h5,13H,6-7H2,1-4H3,(H,14,15). The van der Waals surface area contributed by atoms with Gasteiger partial charge in [0.2, 0.25) is 5.76 Å². The molecule has 0 saturated heterocycles. The average Bonchev–Trinajstić information content (AvgIpc) is 2.60. The molecule has 0 saturated carbocycles. The van der Waals surface area contributed by atoms with Crippen LogP contribution >= 0.6 is 11.8 Å². The van der Waals surface area contributed by atoms with Crippen LogP contribution in [0.5, 0.6) is 0 Å². The Morgan fingerprint density at radius 2 is 2.24 bits per heavy atom. The van der Waals surface area contributed by atoms with Crippen LogP contribution in [0.15, 0.2) is 10.5 Å². The third-order valence-electron chi connectivity index (χ3n) is 2.65. The third-order valence-corrected chi connectivity index (χ3v) is 3.90. The fraction of sp³-hybridized carbons (Fsp3) is 0.583. The summed E-state index contributed by atoms with van der Waals surface area (Å²) in [5, 5.41) is 12.1. The maximum absolute atomic E-state index is 10.7. The first kappa shape index (κ1) is 14.1. The molecule has 17 heavy (non-hydrogen) atoms. The predicted molar refractivity (Wildman–Crippen MR) is 69.7 cm³/mol. The number of thioether (sulfide) groups is 1. The molecular formula is C12H19NO3S. The number of furan rings is 1. The second kappa shape index (κ2) is 5.60. The van der Waals surface area contributed by atoms with E-state index >= 15 is 0 Å². The van der Waals surface area contributed by atoms with Crippen molar-refractivity contribution in [2.75, 3.05) is 12.8 Å². The molecule has 5 heteroatoms. The van der Waals surface area contributed by atoms with Gasteiger partial charge in [0.1, 0.15) is 5.76 Å². The van der Waals surface area contributed by atoms with Gasteiger partial charge in [0.05, 0.1) is 0 Å². The number of rotatable bonds is 6. The van der Waals surface area contributed by atoms with Gasteiger partial charge < -0.3 is 14.8 Å². The van der Waals surface area contributed by atoms with Crippen LogP contribution < -0.4 is 5.32 Å². The maximum atomic E-state index is 10.7. The molecule has 96 valence electrons. The Bertz CT molecular complexity index is 398. The normalized spacial score (nSPS) is 11.8. The fourth-order valence-electron chi connectivity index (χ4n) is 1.37. The molecule has 1 aromatic rings. The van der Waals surface area contributed by atoms with Crippen molar-refractivity contribution in [3.05, 3.63) is 23.2 Å². The number of hydrogen-bond donors (Lipinski definition) is 2. The van der Waals surface area contributed by atoms with E-state index in [-0.39, 0.29) is 10.5 Å². The number of carboxylic acid groups (broad SMARTS) is 1. The molecule has 1 aromatic heterocycles. The van der Waals surface area contributed by atoms with Gasteiger partial charge in [-0.15, -0.1) is 0 Å². The molecule has 0 bridgehead atoms. The quantitative estimate of drug-likeness (QED) is 0.820.